The van der Waals surface area contributed by atoms with Gasteiger partial charge in [-0.3, -0.25) is 24.6 Å². The molecule has 0 fully saturated rings. The van der Waals surface area contributed by atoms with Crippen molar-refractivity contribution >= 4 is 46.9 Å². The number of aromatic nitrogens is 1. The summed E-state index contributed by atoms with van der Waals surface area (Å²) in [4.78, 5) is 69.0. The first-order chi connectivity index (χ1) is 19.5. The molecule has 0 saturated heterocycles. The van der Waals surface area contributed by atoms with Crippen molar-refractivity contribution in [1.29, 1.82) is 5.41 Å². The van der Waals surface area contributed by atoms with Crippen LogP contribution in [-0.2, 0) is 35.1 Å². The van der Waals surface area contributed by atoms with E-state index >= 15 is 0 Å². The van der Waals surface area contributed by atoms with E-state index in [2.05, 4.69) is 31.6 Å². The lowest BCUT2D eigenvalue weighted by Crippen LogP contribution is -2.60. The molecule has 1 aromatic heterocycles. The third-order valence-electron chi connectivity index (χ3n) is 5.60. The third kappa shape index (κ3) is 13.7. The average Bonchev–Trinajstić information content (AvgIpc) is 3.39. The lowest BCUT2D eigenvalue weighted by Gasteiger charge is -2.28. The number of carbonyl (C=O) groups excluding carboxylic acids is 5. The quantitative estimate of drug-likeness (QED) is 0.0569. The third-order valence-corrected chi connectivity index (χ3v) is 6.24. The van der Waals surface area contributed by atoms with Gasteiger partial charge >= 0.3 is 6.09 Å². The van der Waals surface area contributed by atoms with Gasteiger partial charge in [0.15, 0.2) is 5.96 Å². The molecular formula is C26H44N8O7S. The number of alkyl carbamates (subject to hydrolysis) is 1. The predicted molar refractivity (Wildman–Crippen MR) is 157 cm³/mol. The molecule has 236 valence electrons. The average molecular weight is 613 g/mol. The number of hydrogen-bond acceptors (Lipinski definition) is 10. The summed E-state index contributed by atoms with van der Waals surface area (Å²) >= 11 is 1.32. The fourth-order valence-corrected chi connectivity index (χ4v) is 4.12. The van der Waals surface area contributed by atoms with Gasteiger partial charge in [0.05, 0.1) is 29.5 Å². The molecule has 0 aliphatic rings. The van der Waals surface area contributed by atoms with Crippen molar-refractivity contribution in [2.75, 3.05) is 13.7 Å². The minimum absolute atomic E-state index is 0.0233. The molecule has 1 aromatic rings. The van der Waals surface area contributed by atoms with Gasteiger partial charge in [0.25, 0.3) is 5.91 Å². The van der Waals surface area contributed by atoms with Crippen LogP contribution in [0.25, 0.3) is 0 Å². The maximum atomic E-state index is 13.5. The van der Waals surface area contributed by atoms with Gasteiger partial charge in [0, 0.05) is 31.0 Å². The van der Waals surface area contributed by atoms with Crippen molar-refractivity contribution < 1.29 is 33.4 Å². The summed E-state index contributed by atoms with van der Waals surface area (Å²) in [5, 5.41) is 21.8. The van der Waals surface area contributed by atoms with Crippen LogP contribution < -0.4 is 32.3 Å². The fourth-order valence-electron chi connectivity index (χ4n) is 3.55. The maximum Gasteiger partial charge on any atom is 0.408 e. The Bertz CT molecular complexity index is 1080. The molecule has 1 heterocycles. The second-order valence-corrected chi connectivity index (χ2v) is 11.6. The lowest BCUT2D eigenvalue weighted by atomic mass is 10.0. The summed E-state index contributed by atoms with van der Waals surface area (Å²) in [6, 6.07) is -3.70. The van der Waals surface area contributed by atoms with E-state index < -0.39 is 65.5 Å². The van der Waals surface area contributed by atoms with Gasteiger partial charge in [-0.25, -0.2) is 9.78 Å². The van der Waals surface area contributed by atoms with E-state index in [1.54, 1.807) is 52.4 Å². The predicted octanol–water partition coefficient (Wildman–Crippen LogP) is -0.0596. The Labute approximate surface area is 249 Å². The zero-order chi connectivity index (χ0) is 32.0. The number of nitrogens with zero attached hydrogens (tertiary/aromatic N) is 1. The molecule has 15 nitrogen and oxygen atoms in total. The Morgan fingerprint density at radius 1 is 1.05 bits per heavy atom. The summed E-state index contributed by atoms with van der Waals surface area (Å²) in [6.07, 6.45) is -1.77. The summed E-state index contributed by atoms with van der Waals surface area (Å²) in [5.74, 6) is -3.52. The first-order valence-electron chi connectivity index (χ1n) is 13.5. The minimum Gasteiger partial charge on any atom is -0.447 e. The molecule has 0 aliphatic carbocycles. The molecule has 1 rings (SSSR count). The Morgan fingerprint density at radius 3 is 2.24 bits per heavy atom. The van der Waals surface area contributed by atoms with E-state index in [4.69, 9.17) is 20.6 Å². The zero-order valence-corrected chi connectivity index (χ0v) is 26.0. The van der Waals surface area contributed by atoms with Gasteiger partial charge in [0.2, 0.25) is 17.6 Å². The number of amides is 4. The van der Waals surface area contributed by atoms with Crippen LogP contribution in [0.15, 0.2) is 10.9 Å². The number of methoxy groups -OCH3 is 1. The SMILES string of the molecule is CO[C@H](C)[C@H](NC(=O)[C@H](Cc1cscn1)NC(=O)OC(C)C)C(=O)NC(CCCNC(=N)N)C(=O)C(=O)NC(C)(C)C. The van der Waals surface area contributed by atoms with Gasteiger partial charge in [-0.15, -0.1) is 11.3 Å². The molecule has 16 heteroatoms. The number of ether oxygens (including phenoxy) is 2. The molecule has 0 spiro atoms. The minimum atomic E-state index is -1.31. The first-order valence-corrected chi connectivity index (χ1v) is 14.4. The van der Waals surface area contributed by atoms with Gasteiger partial charge < -0.3 is 41.8 Å². The largest absolute Gasteiger partial charge is 0.447 e. The number of Topliss-reactive ketones (excluding diaryl/α,β-unsaturated/α-hetero) is 1. The molecule has 42 heavy (non-hydrogen) atoms. The zero-order valence-electron chi connectivity index (χ0n) is 25.2. The number of carbonyl (C=O) groups is 5. The summed E-state index contributed by atoms with van der Waals surface area (Å²) in [6.45, 7) is 10.2. The normalized spacial score (nSPS) is 14.1. The first kappa shape index (κ1) is 36.2. The van der Waals surface area contributed by atoms with E-state index in [9.17, 15) is 24.0 Å². The lowest BCUT2D eigenvalue weighted by molar-refractivity contribution is -0.142. The molecule has 0 bridgehead atoms. The molecule has 0 aromatic carbocycles. The molecule has 0 aliphatic heterocycles. The van der Waals surface area contributed by atoms with Crippen LogP contribution in [0.2, 0.25) is 0 Å². The number of ketones is 1. The van der Waals surface area contributed by atoms with Crippen molar-refractivity contribution in [3.8, 4) is 0 Å². The van der Waals surface area contributed by atoms with Crippen LogP contribution in [0.1, 0.15) is 60.1 Å². The monoisotopic (exact) mass is 612 g/mol. The van der Waals surface area contributed by atoms with Crippen LogP contribution >= 0.6 is 11.3 Å². The van der Waals surface area contributed by atoms with Crippen molar-refractivity contribution in [1.82, 2.24) is 31.6 Å². The van der Waals surface area contributed by atoms with Gasteiger partial charge in [-0.2, -0.15) is 0 Å². The van der Waals surface area contributed by atoms with Gasteiger partial charge in [0.1, 0.15) is 12.1 Å². The van der Waals surface area contributed by atoms with E-state index in [0.717, 1.165) is 0 Å². The second kappa shape index (κ2) is 17.2. The number of nitrogens with one attached hydrogen (secondary N) is 6. The topological polar surface area (TPSA) is 227 Å². The molecule has 0 radical (unpaired) electrons. The van der Waals surface area contributed by atoms with Crippen LogP contribution in [0.5, 0.6) is 0 Å². The number of hydrogen-bond donors (Lipinski definition) is 7. The molecule has 1 unspecified atom stereocenters. The number of nitrogens with two attached hydrogens (primary N) is 1. The summed E-state index contributed by atoms with van der Waals surface area (Å²) in [5.41, 5.74) is 6.73. The standard InChI is InChI=1S/C26H44N8O7S/c1-14(2)41-25(39)32-18(11-16-12-42-13-30-16)21(36)33-19(15(3)40-7)22(37)31-17(9-8-10-29-24(27)28)20(35)23(38)34-26(4,5)6/h12-15,17-19H,8-11H2,1-7H3,(H,31,37)(H,32,39)(H,33,36)(H,34,38)(H4,27,28,29)/t15-,17?,18+,19+/m1/s1. The highest BCUT2D eigenvalue weighted by Crippen LogP contribution is 2.09. The Hall–Kier alpha value is -3.79. The van der Waals surface area contributed by atoms with Crippen molar-refractivity contribution in [3.63, 3.8) is 0 Å². The Kier molecular flexibility index (Phi) is 14.9. The Morgan fingerprint density at radius 2 is 1.71 bits per heavy atom. The van der Waals surface area contributed by atoms with E-state index in [1.807, 2.05) is 0 Å². The van der Waals surface area contributed by atoms with E-state index in [1.165, 1.54) is 18.4 Å². The Balaban J connectivity index is 3.17. The van der Waals surface area contributed by atoms with E-state index in [0.29, 0.717) is 5.69 Å². The van der Waals surface area contributed by atoms with Crippen LogP contribution in [0.3, 0.4) is 0 Å². The molecule has 4 atom stereocenters. The molecule has 8 N–H and O–H groups in total. The van der Waals surface area contributed by atoms with Gasteiger partial charge in [-0.1, -0.05) is 0 Å². The van der Waals surface area contributed by atoms with Crippen LogP contribution in [0, 0.1) is 5.41 Å². The van der Waals surface area contributed by atoms with Crippen molar-refractivity contribution in [2.24, 2.45) is 5.73 Å². The fraction of sp³-hybridized carbons (Fsp3) is 0.654. The number of thiazole rings is 1. The molecule has 4 amide bonds. The second-order valence-electron chi connectivity index (χ2n) is 10.9. The van der Waals surface area contributed by atoms with Crippen molar-refractivity contribution in [3.05, 3.63) is 16.6 Å². The highest BCUT2D eigenvalue weighted by atomic mass is 32.1. The highest BCUT2D eigenvalue weighted by molar-refractivity contribution is 7.07. The van der Waals surface area contributed by atoms with Gasteiger partial charge in [-0.05, 0) is 54.4 Å². The number of guanidine groups is 1. The summed E-state index contributed by atoms with van der Waals surface area (Å²) < 4.78 is 10.4. The molecule has 0 saturated carbocycles. The number of rotatable bonds is 16. The van der Waals surface area contributed by atoms with Crippen molar-refractivity contribution in [2.45, 2.75) is 96.7 Å². The highest BCUT2D eigenvalue weighted by Gasteiger charge is 2.35. The smallest absolute Gasteiger partial charge is 0.408 e. The van der Waals surface area contributed by atoms with Crippen LogP contribution in [0.4, 0.5) is 4.79 Å². The van der Waals surface area contributed by atoms with E-state index in [-0.39, 0.29) is 31.8 Å². The summed E-state index contributed by atoms with van der Waals surface area (Å²) in [7, 11) is 1.34. The molecular weight excluding hydrogens is 568 g/mol. The maximum absolute atomic E-state index is 13.5. The van der Waals surface area contributed by atoms with Crippen LogP contribution in [-0.4, -0.2) is 90.1 Å².